The van der Waals surface area contributed by atoms with Gasteiger partial charge in [0.1, 0.15) is 9.80 Å². The zero-order valence-corrected chi connectivity index (χ0v) is 9.81. The summed E-state index contributed by atoms with van der Waals surface area (Å²) in [6, 6.07) is 3.74. The van der Waals surface area contributed by atoms with E-state index in [4.69, 9.17) is 9.47 Å². The topological polar surface area (TPSA) is 44.2 Å². The van der Waals surface area contributed by atoms with Crippen LogP contribution in [-0.2, 0) is 4.74 Å². The van der Waals surface area contributed by atoms with Crippen LogP contribution in [0.15, 0.2) is 12.1 Å². The van der Waals surface area contributed by atoms with E-state index in [1.807, 2.05) is 12.1 Å². The second-order valence-corrected chi connectivity index (χ2v) is 4.23. The SMILES string of the molecule is Ic1ccc(OC2CCOCC2)nn1. The maximum absolute atomic E-state index is 5.65. The minimum absolute atomic E-state index is 0.234. The highest BCUT2D eigenvalue weighted by molar-refractivity contribution is 14.1. The molecule has 0 bridgehead atoms. The van der Waals surface area contributed by atoms with Gasteiger partial charge in [0.15, 0.2) is 0 Å². The zero-order chi connectivity index (χ0) is 9.80. The molecular weight excluding hydrogens is 295 g/mol. The van der Waals surface area contributed by atoms with Gasteiger partial charge in [0, 0.05) is 18.9 Å². The van der Waals surface area contributed by atoms with Crippen LogP contribution in [0.3, 0.4) is 0 Å². The van der Waals surface area contributed by atoms with E-state index in [1.54, 1.807) is 0 Å². The van der Waals surface area contributed by atoms with Crippen molar-refractivity contribution in [2.75, 3.05) is 13.2 Å². The molecule has 2 heterocycles. The normalized spacial score (nSPS) is 18.1. The predicted octanol–water partition coefficient (Wildman–Crippen LogP) is 1.64. The first kappa shape index (κ1) is 10.1. The Balaban J connectivity index is 1.92. The third-order valence-electron chi connectivity index (χ3n) is 2.06. The Morgan fingerprint density at radius 3 is 2.71 bits per heavy atom. The van der Waals surface area contributed by atoms with E-state index in [1.165, 1.54) is 0 Å². The first-order valence-corrected chi connectivity index (χ1v) is 5.66. The Morgan fingerprint density at radius 2 is 2.07 bits per heavy atom. The minimum atomic E-state index is 0.234. The van der Waals surface area contributed by atoms with Crippen molar-refractivity contribution in [2.24, 2.45) is 0 Å². The molecule has 1 saturated heterocycles. The molecule has 0 amide bonds. The standard InChI is InChI=1S/C9H11IN2O2/c10-8-1-2-9(12-11-8)14-7-3-5-13-6-4-7/h1-2,7H,3-6H2. The summed E-state index contributed by atoms with van der Waals surface area (Å²) < 4.78 is 11.8. The smallest absolute Gasteiger partial charge is 0.233 e. The highest BCUT2D eigenvalue weighted by Crippen LogP contribution is 2.15. The molecule has 1 aliphatic heterocycles. The van der Waals surface area contributed by atoms with Gasteiger partial charge in [-0.15, -0.1) is 10.2 Å². The fourth-order valence-electron chi connectivity index (χ4n) is 1.33. The van der Waals surface area contributed by atoms with Crippen LogP contribution >= 0.6 is 22.6 Å². The average Bonchev–Trinajstić information content (AvgIpc) is 2.23. The van der Waals surface area contributed by atoms with Crippen LogP contribution in [0, 0.1) is 3.70 Å². The number of nitrogens with zero attached hydrogens (tertiary/aromatic N) is 2. The third-order valence-corrected chi connectivity index (χ3v) is 2.64. The molecule has 1 aliphatic rings. The van der Waals surface area contributed by atoms with Crippen molar-refractivity contribution >= 4 is 22.6 Å². The maximum Gasteiger partial charge on any atom is 0.233 e. The Kier molecular flexibility index (Phi) is 3.52. The molecule has 76 valence electrons. The molecule has 0 aromatic carbocycles. The molecule has 0 spiro atoms. The maximum atomic E-state index is 5.65. The first-order chi connectivity index (χ1) is 6.84. The van der Waals surface area contributed by atoms with Crippen LogP contribution in [0.25, 0.3) is 0 Å². The van der Waals surface area contributed by atoms with E-state index in [9.17, 15) is 0 Å². The van der Waals surface area contributed by atoms with Crippen molar-refractivity contribution in [1.29, 1.82) is 0 Å². The number of aromatic nitrogens is 2. The van der Waals surface area contributed by atoms with Gasteiger partial charge in [0.05, 0.1) is 13.2 Å². The van der Waals surface area contributed by atoms with Crippen LogP contribution in [0.5, 0.6) is 5.88 Å². The summed E-state index contributed by atoms with van der Waals surface area (Å²) in [6.45, 7) is 1.56. The van der Waals surface area contributed by atoms with Gasteiger partial charge in [-0.25, -0.2) is 0 Å². The lowest BCUT2D eigenvalue weighted by atomic mass is 10.2. The van der Waals surface area contributed by atoms with E-state index in [2.05, 4.69) is 32.8 Å². The van der Waals surface area contributed by atoms with Crippen molar-refractivity contribution in [1.82, 2.24) is 10.2 Å². The molecule has 0 N–H and O–H groups in total. The lowest BCUT2D eigenvalue weighted by Gasteiger charge is -2.22. The number of ether oxygens (including phenoxy) is 2. The van der Waals surface area contributed by atoms with Crippen molar-refractivity contribution in [3.63, 3.8) is 0 Å². The van der Waals surface area contributed by atoms with E-state index < -0.39 is 0 Å². The van der Waals surface area contributed by atoms with Crippen molar-refractivity contribution in [3.8, 4) is 5.88 Å². The Morgan fingerprint density at radius 1 is 1.29 bits per heavy atom. The third kappa shape index (κ3) is 2.78. The molecule has 0 aliphatic carbocycles. The lowest BCUT2D eigenvalue weighted by Crippen LogP contribution is -2.26. The minimum Gasteiger partial charge on any atom is -0.473 e. The summed E-state index contributed by atoms with van der Waals surface area (Å²) in [5.74, 6) is 0.609. The van der Waals surface area contributed by atoms with Crippen molar-refractivity contribution in [3.05, 3.63) is 15.8 Å². The molecule has 0 unspecified atom stereocenters. The molecule has 2 rings (SSSR count). The van der Waals surface area contributed by atoms with Crippen LogP contribution in [0.2, 0.25) is 0 Å². The first-order valence-electron chi connectivity index (χ1n) is 4.58. The fourth-order valence-corrected chi connectivity index (χ4v) is 1.62. The Hall–Kier alpha value is -0.430. The number of hydrogen-bond acceptors (Lipinski definition) is 4. The summed E-state index contributed by atoms with van der Waals surface area (Å²) in [5.41, 5.74) is 0. The average molecular weight is 306 g/mol. The summed E-state index contributed by atoms with van der Waals surface area (Å²) in [7, 11) is 0. The van der Waals surface area contributed by atoms with Gasteiger partial charge in [-0.05, 0) is 28.7 Å². The second-order valence-electron chi connectivity index (χ2n) is 3.12. The second kappa shape index (κ2) is 4.88. The molecule has 1 fully saturated rings. The number of rotatable bonds is 2. The van der Waals surface area contributed by atoms with Gasteiger partial charge in [-0.3, -0.25) is 0 Å². The Labute approximate surface area is 96.1 Å². The van der Waals surface area contributed by atoms with Crippen molar-refractivity contribution < 1.29 is 9.47 Å². The van der Waals surface area contributed by atoms with Crippen molar-refractivity contribution in [2.45, 2.75) is 18.9 Å². The summed E-state index contributed by atoms with van der Waals surface area (Å²) in [5, 5.41) is 7.88. The van der Waals surface area contributed by atoms with Crippen LogP contribution in [0.1, 0.15) is 12.8 Å². The molecule has 1 aromatic rings. The Bertz CT molecular complexity index is 285. The number of halogens is 1. The fraction of sp³-hybridized carbons (Fsp3) is 0.556. The molecule has 0 radical (unpaired) electrons. The van der Waals surface area contributed by atoms with Gasteiger partial charge in [-0.2, -0.15) is 0 Å². The molecule has 0 saturated carbocycles. The molecule has 14 heavy (non-hydrogen) atoms. The van der Waals surface area contributed by atoms with E-state index in [0.717, 1.165) is 29.8 Å². The molecule has 1 aromatic heterocycles. The van der Waals surface area contributed by atoms with Crippen LogP contribution in [0.4, 0.5) is 0 Å². The van der Waals surface area contributed by atoms with Crippen LogP contribution < -0.4 is 4.74 Å². The van der Waals surface area contributed by atoms with E-state index in [0.29, 0.717) is 5.88 Å². The van der Waals surface area contributed by atoms with E-state index in [-0.39, 0.29) is 6.10 Å². The molecule has 5 heteroatoms. The van der Waals surface area contributed by atoms with Gasteiger partial charge >= 0.3 is 0 Å². The highest BCUT2D eigenvalue weighted by atomic mass is 127. The monoisotopic (exact) mass is 306 g/mol. The van der Waals surface area contributed by atoms with E-state index >= 15 is 0 Å². The van der Waals surface area contributed by atoms with Gasteiger partial charge in [0.2, 0.25) is 5.88 Å². The van der Waals surface area contributed by atoms with Gasteiger partial charge in [0.25, 0.3) is 0 Å². The summed E-state index contributed by atoms with van der Waals surface area (Å²) >= 11 is 2.12. The number of hydrogen-bond donors (Lipinski definition) is 0. The zero-order valence-electron chi connectivity index (χ0n) is 7.65. The summed E-state index contributed by atoms with van der Waals surface area (Å²) in [6.07, 6.45) is 2.11. The van der Waals surface area contributed by atoms with Crippen LogP contribution in [-0.4, -0.2) is 29.5 Å². The molecular formula is C9H11IN2O2. The quantitative estimate of drug-likeness (QED) is 0.779. The highest BCUT2D eigenvalue weighted by Gasteiger charge is 2.15. The lowest BCUT2D eigenvalue weighted by molar-refractivity contribution is 0.0233. The van der Waals surface area contributed by atoms with Gasteiger partial charge in [-0.1, -0.05) is 0 Å². The largest absolute Gasteiger partial charge is 0.473 e. The van der Waals surface area contributed by atoms with Gasteiger partial charge < -0.3 is 9.47 Å². The summed E-state index contributed by atoms with van der Waals surface area (Å²) in [4.78, 5) is 0. The molecule has 4 nitrogen and oxygen atoms in total. The molecule has 0 atom stereocenters. The predicted molar refractivity (Wildman–Crippen MR) is 59.2 cm³/mol.